The van der Waals surface area contributed by atoms with E-state index in [2.05, 4.69) is 18.8 Å². The second-order valence-electron chi connectivity index (χ2n) is 7.47. The summed E-state index contributed by atoms with van der Waals surface area (Å²) < 4.78 is 27.2. The van der Waals surface area contributed by atoms with E-state index in [-0.39, 0.29) is 11.5 Å². The Kier molecular flexibility index (Phi) is 4.29. The Morgan fingerprint density at radius 1 is 1.23 bits per heavy atom. The van der Waals surface area contributed by atoms with Crippen LogP contribution in [0.1, 0.15) is 57.6 Å². The Labute approximate surface area is 134 Å². The Hall–Kier alpha value is -0.940. The Balaban J connectivity index is 1.72. The largest absolute Gasteiger partial charge is 0.265 e. The van der Waals surface area contributed by atoms with E-state index in [1.54, 1.807) is 16.7 Å². The summed E-state index contributed by atoms with van der Waals surface area (Å²) in [6, 6.07) is 3.82. The third kappa shape index (κ3) is 3.06. The predicted molar refractivity (Wildman–Crippen MR) is 87.8 cm³/mol. The summed E-state index contributed by atoms with van der Waals surface area (Å²) in [5, 5.41) is 0. The van der Waals surface area contributed by atoms with Crippen LogP contribution in [0.3, 0.4) is 0 Å². The van der Waals surface area contributed by atoms with Crippen LogP contribution in [-0.4, -0.2) is 30.0 Å². The molecule has 0 radical (unpaired) electrons. The number of nitrogens with zero attached hydrogens (tertiary/aromatic N) is 2. The fourth-order valence-corrected chi connectivity index (χ4v) is 6.13. The van der Waals surface area contributed by atoms with E-state index >= 15 is 0 Å². The van der Waals surface area contributed by atoms with E-state index < -0.39 is 10.0 Å². The zero-order valence-electron chi connectivity index (χ0n) is 13.5. The average molecular weight is 322 g/mol. The molecule has 0 amide bonds. The van der Waals surface area contributed by atoms with Crippen molar-refractivity contribution in [1.82, 2.24) is 9.29 Å². The highest BCUT2D eigenvalue weighted by atomic mass is 32.2. The molecule has 2 aliphatic rings. The maximum absolute atomic E-state index is 12.8. The lowest BCUT2D eigenvalue weighted by molar-refractivity contribution is 0.0196. The van der Waals surface area contributed by atoms with Gasteiger partial charge in [-0.25, -0.2) is 8.42 Å². The quantitative estimate of drug-likeness (QED) is 0.835. The van der Waals surface area contributed by atoms with Crippen molar-refractivity contribution < 1.29 is 8.42 Å². The minimum absolute atomic E-state index is 0.0121. The van der Waals surface area contributed by atoms with Crippen LogP contribution in [0.5, 0.6) is 0 Å². The van der Waals surface area contributed by atoms with Gasteiger partial charge in [0.2, 0.25) is 10.0 Å². The number of rotatable bonds is 5. The first-order valence-electron chi connectivity index (χ1n) is 8.30. The van der Waals surface area contributed by atoms with Gasteiger partial charge in [0.1, 0.15) is 0 Å². The van der Waals surface area contributed by atoms with Crippen molar-refractivity contribution in [2.24, 2.45) is 11.3 Å². The molecule has 1 aromatic heterocycles. The number of hydrogen-bond donors (Lipinski definition) is 0. The van der Waals surface area contributed by atoms with E-state index in [1.807, 2.05) is 12.1 Å². The molecule has 1 aliphatic carbocycles. The van der Waals surface area contributed by atoms with Crippen LogP contribution in [0.4, 0.5) is 0 Å². The minimum atomic E-state index is -3.17. The summed E-state index contributed by atoms with van der Waals surface area (Å²) in [6.45, 7) is 4.90. The number of hydrogen-bond acceptors (Lipinski definition) is 3. The monoisotopic (exact) mass is 322 g/mol. The first-order valence-corrected chi connectivity index (χ1v) is 9.90. The Morgan fingerprint density at radius 2 is 1.86 bits per heavy atom. The number of pyridine rings is 1. The molecule has 1 aliphatic heterocycles. The van der Waals surface area contributed by atoms with Gasteiger partial charge in [-0.15, -0.1) is 0 Å². The van der Waals surface area contributed by atoms with Gasteiger partial charge in [0.25, 0.3) is 0 Å². The molecule has 0 bridgehead atoms. The van der Waals surface area contributed by atoms with Crippen molar-refractivity contribution in [2.45, 2.75) is 52.0 Å². The van der Waals surface area contributed by atoms with E-state index in [0.29, 0.717) is 18.2 Å². The number of aromatic nitrogens is 1. The average Bonchev–Trinajstić information content (AvgIpc) is 2.97. The zero-order valence-corrected chi connectivity index (χ0v) is 14.3. The third-order valence-electron chi connectivity index (χ3n) is 5.23. The van der Waals surface area contributed by atoms with Crippen molar-refractivity contribution in [2.75, 3.05) is 12.3 Å². The first kappa shape index (κ1) is 15.9. The molecule has 1 saturated heterocycles. The van der Waals surface area contributed by atoms with Crippen LogP contribution < -0.4 is 0 Å². The molecule has 0 aromatic carbocycles. The molecule has 2 fully saturated rings. The van der Waals surface area contributed by atoms with Crippen LogP contribution in [0.25, 0.3) is 0 Å². The van der Waals surface area contributed by atoms with Crippen LogP contribution in [-0.2, 0) is 10.0 Å². The predicted octanol–water partition coefficient (Wildman–Crippen LogP) is 3.37. The normalized spacial score (nSPS) is 26.0. The summed E-state index contributed by atoms with van der Waals surface area (Å²) in [5.74, 6) is 0.915. The van der Waals surface area contributed by atoms with Crippen LogP contribution in [0, 0.1) is 11.3 Å². The summed E-state index contributed by atoms with van der Waals surface area (Å²) >= 11 is 0. The SMILES string of the molecule is CC1(C)CN(S(=O)(=O)CCC2CCCC2)C1c1ccncc1. The van der Waals surface area contributed by atoms with Gasteiger partial charge in [-0.05, 0) is 35.4 Å². The highest BCUT2D eigenvalue weighted by molar-refractivity contribution is 7.89. The van der Waals surface area contributed by atoms with Gasteiger partial charge in [0.15, 0.2) is 0 Å². The summed E-state index contributed by atoms with van der Waals surface area (Å²) in [4.78, 5) is 4.04. The van der Waals surface area contributed by atoms with Gasteiger partial charge < -0.3 is 0 Å². The molecule has 2 heterocycles. The maximum atomic E-state index is 12.8. The fourth-order valence-electron chi connectivity index (χ4n) is 4.01. The second-order valence-corrected chi connectivity index (χ2v) is 9.51. The zero-order chi connectivity index (χ0) is 15.8. The van der Waals surface area contributed by atoms with Gasteiger partial charge in [-0.2, -0.15) is 4.31 Å². The molecule has 3 rings (SSSR count). The molecular formula is C17H26N2O2S. The van der Waals surface area contributed by atoms with Crippen LogP contribution in [0.15, 0.2) is 24.5 Å². The lowest BCUT2D eigenvalue weighted by atomic mass is 9.74. The van der Waals surface area contributed by atoms with Crippen LogP contribution in [0.2, 0.25) is 0 Å². The van der Waals surface area contributed by atoms with Crippen LogP contribution >= 0.6 is 0 Å². The van der Waals surface area contributed by atoms with Crippen molar-refractivity contribution in [3.63, 3.8) is 0 Å². The Bertz CT molecular complexity index is 607. The van der Waals surface area contributed by atoms with Crippen molar-refractivity contribution in [1.29, 1.82) is 0 Å². The van der Waals surface area contributed by atoms with E-state index in [1.165, 1.54) is 25.7 Å². The standard InChI is InChI=1S/C17H26N2O2S/c1-17(2)13-19(16(17)15-7-10-18-11-8-15)22(20,21)12-9-14-5-3-4-6-14/h7-8,10-11,14,16H,3-6,9,12-13H2,1-2H3. The molecule has 1 atom stereocenters. The molecule has 22 heavy (non-hydrogen) atoms. The first-order chi connectivity index (χ1) is 10.4. The highest BCUT2D eigenvalue weighted by Crippen LogP contribution is 2.50. The molecule has 122 valence electrons. The summed E-state index contributed by atoms with van der Waals surface area (Å²) in [6.07, 6.45) is 9.24. The second kappa shape index (κ2) is 5.93. The third-order valence-corrected chi connectivity index (χ3v) is 7.04. The lowest BCUT2D eigenvalue weighted by Crippen LogP contribution is -2.58. The van der Waals surface area contributed by atoms with Gasteiger partial charge in [-0.1, -0.05) is 39.5 Å². The van der Waals surface area contributed by atoms with Gasteiger partial charge >= 0.3 is 0 Å². The molecule has 4 nitrogen and oxygen atoms in total. The smallest absolute Gasteiger partial charge is 0.214 e. The number of sulfonamides is 1. The summed E-state index contributed by atoms with van der Waals surface area (Å²) in [7, 11) is -3.17. The van der Waals surface area contributed by atoms with Crippen molar-refractivity contribution in [3.8, 4) is 0 Å². The molecular weight excluding hydrogens is 296 g/mol. The van der Waals surface area contributed by atoms with E-state index in [4.69, 9.17) is 0 Å². The topological polar surface area (TPSA) is 50.3 Å². The maximum Gasteiger partial charge on any atom is 0.214 e. The lowest BCUT2D eigenvalue weighted by Gasteiger charge is -2.53. The molecule has 1 aromatic rings. The molecule has 5 heteroatoms. The fraction of sp³-hybridized carbons (Fsp3) is 0.706. The van der Waals surface area contributed by atoms with Crippen molar-refractivity contribution >= 4 is 10.0 Å². The van der Waals surface area contributed by atoms with Gasteiger partial charge in [0, 0.05) is 18.9 Å². The summed E-state index contributed by atoms with van der Waals surface area (Å²) in [5.41, 5.74) is 1.04. The van der Waals surface area contributed by atoms with Gasteiger partial charge in [-0.3, -0.25) is 4.98 Å². The van der Waals surface area contributed by atoms with Crippen molar-refractivity contribution in [3.05, 3.63) is 30.1 Å². The Morgan fingerprint density at radius 3 is 2.45 bits per heavy atom. The molecule has 1 unspecified atom stereocenters. The van der Waals surface area contributed by atoms with E-state index in [9.17, 15) is 8.42 Å². The minimum Gasteiger partial charge on any atom is -0.265 e. The van der Waals surface area contributed by atoms with E-state index in [0.717, 1.165) is 12.0 Å². The molecule has 0 N–H and O–H groups in total. The molecule has 1 saturated carbocycles. The van der Waals surface area contributed by atoms with Gasteiger partial charge in [0.05, 0.1) is 11.8 Å². The highest BCUT2D eigenvalue weighted by Gasteiger charge is 2.51. The molecule has 0 spiro atoms.